The van der Waals surface area contributed by atoms with Gasteiger partial charge in [-0.15, -0.1) is 20.4 Å². The highest BCUT2D eigenvalue weighted by Gasteiger charge is 2.05. The van der Waals surface area contributed by atoms with Crippen molar-refractivity contribution < 1.29 is 0 Å². The summed E-state index contributed by atoms with van der Waals surface area (Å²) in [7, 11) is 0. The van der Waals surface area contributed by atoms with Crippen LogP contribution in [0.15, 0.2) is 12.4 Å². The molecule has 0 unspecified atom stereocenters. The summed E-state index contributed by atoms with van der Waals surface area (Å²) in [6, 6.07) is 1.94. The summed E-state index contributed by atoms with van der Waals surface area (Å²) >= 11 is 0. The van der Waals surface area contributed by atoms with E-state index in [4.69, 9.17) is 0 Å². The molecule has 0 fully saturated rings. The molecule has 2 rings (SSSR count). The third kappa shape index (κ3) is 1.37. The van der Waals surface area contributed by atoms with Crippen molar-refractivity contribution in [1.29, 1.82) is 0 Å². The van der Waals surface area contributed by atoms with E-state index in [0.717, 1.165) is 11.4 Å². The van der Waals surface area contributed by atoms with Crippen LogP contribution in [-0.2, 0) is 0 Å². The maximum atomic E-state index is 4.19. The van der Waals surface area contributed by atoms with Crippen molar-refractivity contribution in [2.45, 2.75) is 13.8 Å². The first-order valence-corrected chi connectivity index (χ1v) is 3.81. The van der Waals surface area contributed by atoms with Crippen LogP contribution < -0.4 is 0 Å². The highest BCUT2D eigenvalue weighted by atomic mass is 15.4. The highest BCUT2D eigenvalue weighted by molar-refractivity contribution is 5.15. The number of nitrogens with zero attached hydrogens (tertiary/aromatic N) is 6. The molecule has 0 bridgehead atoms. The van der Waals surface area contributed by atoms with E-state index in [2.05, 4.69) is 25.5 Å². The monoisotopic (exact) mass is 176 g/mol. The molecule has 0 aliphatic heterocycles. The lowest BCUT2D eigenvalue weighted by Crippen LogP contribution is -2.06. The summed E-state index contributed by atoms with van der Waals surface area (Å²) in [5.41, 5.74) is 1.89. The fourth-order valence-electron chi connectivity index (χ4n) is 1.11. The van der Waals surface area contributed by atoms with Gasteiger partial charge in [0.1, 0.15) is 0 Å². The lowest BCUT2D eigenvalue weighted by atomic mass is 10.4. The standard InChI is InChI=1S/C7H8N6/c1-5-3-6(2)13(12-5)7-10-8-4-9-11-7/h3-4H,1-2H3. The van der Waals surface area contributed by atoms with E-state index in [-0.39, 0.29) is 0 Å². The topological polar surface area (TPSA) is 69.4 Å². The van der Waals surface area contributed by atoms with Crippen LogP contribution in [-0.4, -0.2) is 30.2 Å². The lowest BCUT2D eigenvalue weighted by molar-refractivity contribution is 0.708. The van der Waals surface area contributed by atoms with Crippen molar-refractivity contribution in [3.8, 4) is 5.95 Å². The van der Waals surface area contributed by atoms with Crippen molar-refractivity contribution >= 4 is 0 Å². The van der Waals surface area contributed by atoms with Crippen LogP contribution in [0.4, 0.5) is 0 Å². The van der Waals surface area contributed by atoms with Crippen molar-refractivity contribution in [2.24, 2.45) is 0 Å². The fraction of sp³-hybridized carbons (Fsp3) is 0.286. The Labute approximate surface area is 74.6 Å². The van der Waals surface area contributed by atoms with E-state index in [1.54, 1.807) is 4.68 Å². The molecule has 2 aromatic heterocycles. The second kappa shape index (κ2) is 2.89. The minimum absolute atomic E-state index is 0.396. The van der Waals surface area contributed by atoms with Gasteiger partial charge >= 0.3 is 0 Å². The summed E-state index contributed by atoms with van der Waals surface area (Å²) in [6.07, 6.45) is 1.29. The Morgan fingerprint density at radius 1 is 1.15 bits per heavy atom. The zero-order chi connectivity index (χ0) is 9.26. The first kappa shape index (κ1) is 7.78. The Hall–Kier alpha value is -1.85. The molecular weight excluding hydrogens is 168 g/mol. The Kier molecular flexibility index (Phi) is 1.73. The van der Waals surface area contributed by atoms with E-state index in [1.807, 2.05) is 19.9 Å². The summed E-state index contributed by atoms with van der Waals surface area (Å²) in [4.78, 5) is 0. The van der Waals surface area contributed by atoms with Crippen LogP contribution in [0.5, 0.6) is 0 Å². The van der Waals surface area contributed by atoms with Gasteiger partial charge in [0, 0.05) is 5.69 Å². The molecule has 13 heavy (non-hydrogen) atoms. The SMILES string of the molecule is Cc1cc(C)n(-c2nncnn2)n1. The Morgan fingerprint density at radius 3 is 2.38 bits per heavy atom. The molecule has 0 saturated carbocycles. The number of hydrogen-bond acceptors (Lipinski definition) is 5. The van der Waals surface area contributed by atoms with Gasteiger partial charge in [-0.25, -0.2) is 4.68 Å². The average molecular weight is 176 g/mol. The smallest absolute Gasteiger partial charge is 0.200 e. The van der Waals surface area contributed by atoms with Crippen molar-refractivity contribution in [3.05, 3.63) is 23.8 Å². The second-order valence-electron chi connectivity index (χ2n) is 2.69. The number of hydrogen-bond donors (Lipinski definition) is 0. The third-order valence-electron chi connectivity index (χ3n) is 1.60. The van der Waals surface area contributed by atoms with Crippen LogP contribution in [0, 0.1) is 13.8 Å². The van der Waals surface area contributed by atoms with Gasteiger partial charge in [0.15, 0.2) is 6.33 Å². The Morgan fingerprint density at radius 2 is 1.85 bits per heavy atom. The van der Waals surface area contributed by atoms with Crippen LogP contribution in [0.25, 0.3) is 5.95 Å². The molecule has 0 saturated heterocycles. The third-order valence-corrected chi connectivity index (χ3v) is 1.60. The van der Waals surface area contributed by atoms with Gasteiger partial charge in [-0.2, -0.15) is 5.10 Å². The molecule has 0 aliphatic rings. The normalized spacial score (nSPS) is 10.3. The molecule has 0 spiro atoms. The van der Waals surface area contributed by atoms with Gasteiger partial charge in [0.2, 0.25) is 0 Å². The van der Waals surface area contributed by atoms with Crippen molar-refractivity contribution in [3.63, 3.8) is 0 Å². The highest BCUT2D eigenvalue weighted by Crippen LogP contribution is 2.04. The molecule has 0 amide bonds. The van der Waals surface area contributed by atoms with E-state index >= 15 is 0 Å². The van der Waals surface area contributed by atoms with Crippen LogP contribution >= 0.6 is 0 Å². The molecular formula is C7H8N6. The number of rotatable bonds is 1. The maximum Gasteiger partial charge on any atom is 0.289 e. The van der Waals surface area contributed by atoms with Crippen LogP contribution in [0.2, 0.25) is 0 Å². The lowest BCUT2D eigenvalue weighted by Gasteiger charge is -1.97. The van der Waals surface area contributed by atoms with Gasteiger partial charge in [0.25, 0.3) is 5.95 Å². The molecule has 6 nitrogen and oxygen atoms in total. The van der Waals surface area contributed by atoms with Gasteiger partial charge < -0.3 is 0 Å². The summed E-state index contributed by atoms with van der Waals surface area (Å²) < 4.78 is 1.61. The fourth-order valence-corrected chi connectivity index (χ4v) is 1.11. The number of aryl methyl sites for hydroxylation is 2. The van der Waals surface area contributed by atoms with Gasteiger partial charge in [0.05, 0.1) is 5.69 Å². The van der Waals surface area contributed by atoms with Gasteiger partial charge in [-0.1, -0.05) is 0 Å². The first-order chi connectivity index (χ1) is 6.27. The minimum Gasteiger partial charge on any atom is -0.200 e. The Balaban J connectivity index is 2.53. The van der Waals surface area contributed by atoms with Crippen molar-refractivity contribution in [2.75, 3.05) is 0 Å². The quantitative estimate of drug-likeness (QED) is 0.615. The molecule has 2 aromatic rings. The molecule has 66 valence electrons. The second-order valence-corrected chi connectivity index (χ2v) is 2.69. The van der Waals surface area contributed by atoms with E-state index < -0.39 is 0 Å². The summed E-state index contributed by atoms with van der Waals surface area (Å²) in [5.74, 6) is 0.396. The largest absolute Gasteiger partial charge is 0.289 e. The summed E-state index contributed by atoms with van der Waals surface area (Å²) in [6.45, 7) is 3.84. The first-order valence-electron chi connectivity index (χ1n) is 3.81. The van der Waals surface area contributed by atoms with E-state index in [0.29, 0.717) is 5.95 Å². The zero-order valence-electron chi connectivity index (χ0n) is 7.34. The number of aromatic nitrogens is 6. The van der Waals surface area contributed by atoms with E-state index in [9.17, 15) is 0 Å². The molecule has 0 aliphatic carbocycles. The van der Waals surface area contributed by atoms with Gasteiger partial charge in [-0.05, 0) is 19.9 Å². The molecule has 0 N–H and O–H groups in total. The Bertz CT molecular complexity index is 406. The molecule has 0 aromatic carbocycles. The minimum atomic E-state index is 0.396. The molecule has 2 heterocycles. The molecule has 0 radical (unpaired) electrons. The summed E-state index contributed by atoms with van der Waals surface area (Å²) in [5, 5.41) is 19.0. The predicted molar refractivity (Wildman–Crippen MR) is 44.2 cm³/mol. The van der Waals surface area contributed by atoms with Crippen LogP contribution in [0.1, 0.15) is 11.4 Å². The average Bonchev–Trinajstić information content (AvgIpc) is 2.47. The maximum absolute atomic E-state index is 4.19. The van der Waals surface area contributed by atoms with Crippen LogP contribution in [0.3, 0.4) is 0 Å². The molecule has 0 atom stereocenters. The predicted octanol–water partition coefficient (Wildman–Crippen LogP) is 0.0691. The van der Waals surface area contributed by atoms with Gasteiger partial charge in [-0.3, -0.25) is 0 Å². The van der Waals surface area contributed by atoms with E-state index in [1.165, 1.54) is 6.33 Å². The molecule has 6 heteroatoms. The van der Waals surface area contributed by atoms with Crippen molar-refractivity contribution in [1.82, 2.24) is 30.2 Å². The zero-order valence-corrected chi connectivity index (χ0v) is 7.34.